The van der Waals surface area contributed by atoms with Gasteiger partial charge in [0.2, 0.25) is 5.91 Å². The lowest BCUT2D eigenvalue weighted by Gasteiger charge is -2.39. The molecule has 2 fully saturated rings. The molecule has 0 aromatic carbocycles. The lowest BCUT2D eigenvalue weighted by molar-refractivity contribution is -0.135. The number of pyridine rings is 2. The highest BCUT2D eigenvalue weighted by atomic mass is 16.3. The monoisotopic (exact) mass is 436 g/mol. The minimum atomic E-state index is -0.346. The number of hydrogen-bond donors (Lipinski definition) is 1. The second kappa shape index (κ2) is 8.45. The zero-order valence-electron chi connectivity index (χ0n) is 18.9. The summed E-state index contributed by atoms with van der Waals surface area (Å²) in [5.74, 6) is 0.135. The van der Waals surface area contributed by atoms with Gasteiger partial charge in [0, 0.05) is 69.4 Å². The van der Waals surface area contributed by atoms with Crippen LogP contribution in [0.2, 0.25) is 0 Å². The molecule has 2 aromatic heterocycles. The number of rotatable bonds is 5. The summed E-state index contributed by atoms with van der Waals surface area (Å²) in [5.41, 5.74) is 2.37. The molecule has 32 heavy (non-hydrogen) atoms. The molecule has 2 bridgehead atoms. The van der Waals surface area contributed by atoms with E-state index in [1.54, 1.807) is 31.4 Å². The predicted octanol–water partition coefficient (Wildman–Crippen LogP) is 2.15. The molecule has 170 valence electrons. The fourth-order valence-electron chi connectivity index (χ4n) is 6.30. The smallest absolute Gasteiger partial charge is 0.258 e. The van der Waals surface area contributed by atoms with Crippen LogP contribution < -0.4 is 5.56 Å². The molecule has 2 aliphatic heterocycles. The van der Waals surface area contributed by atoms with Gasteiger partial charge in [-0.3, -0.25) is 19.5 Å². The molecule has 0 spiro atoms. The number of hydrogen-bond acceptors (Lipinski definition) is 5. The molecule has 7 nitrogen and oxygen atoms in total. The quantitative estimate of drug-likeness (QED) is 0.777. The minimum Gasteiger partial charge on any atom is -0.396 e. The standard InChI is InChI=1S/C25H32N4O3/c1-27(2)25(32)22-19(15-30)21-14-29-20(23(22)28(21)13-16-5-3-4-6-16)8-7-18(24(29)31)17-9-11-26-12-10-17/h7-12,16,19,21-23,30H,3-6,13-15H2,1-2H3/t19-,21-,22+,23+/m0/s1. The van der Waals surface area contributed by atoms with Gasteiger partial charge >= 0.3 is 0 Å². The van der Waals surface area contributed by atoms with Crippen LogP contribution in [0, 0.1) is 17.8 Å². The topological polar surface area (TPSA) is 78.7 Å². The fraction of sp³-hybridized carbons (Fsp3) is 0.560. The predicted molar refractivity (Wildman–Crippen MR) is 122 cm³/mol. The highest BCUT2D eigenvalue weighted by Crippen LogP contribution is 2.49. The number of nitrogens with zero attached hydrogens (tertiary/aromatic N) is 4. The van der Waals surface area contributed by atoms with E-state index in [4.69, 9.17) is 0 Å². The van der Waals surface area contributed by atoms with E-state index in [-0.39, 0.29) is 42.0 Å². The molecule has 5 rings (SSSR count). The second-order valence-electron chi connectivity index (χ2n) is 9.79. The van der Waals surface area contributed by atoms with Crippen molar-refractivity contribution < 1.29 is 9.90 Å². The third-order valence-corrected chi connectivity index (χ3v) is 7.83. The van der Waals surface area contributed by atoms with Gasteiger partial charge in [0.1, 0.15) is 0 Å². The highest BCUT2D eigenvalue weighted by Gasteiger charge is 2.56. The van der Waals surface area contributed by atoms with Gasteiger partial charge in [-0.1, -0.05) is 12.8 Å². The minimum absolute atomic E-state index is 0.0163. The van der Waals surface area contributed by atoms with Gasteiger partial charge in [0.05, 0.1) is 12.0 Å². The van der Waals surface area contributed by atoms with E-state index < -0.39 is 0 Å². The fourth-order valence-corrected chi connectivity index (χ4v) is 6.30. The number of carbonyl (C=O) groups excluding carboxylic acids is 1. The molecule has 0 unspecified atom stereocenters. The Morgan fingerprint density at radius 1 is 1.16 bits per heavy atom. The van der Waals surface area contributed by atoms with Gasteiger partial charge < -0.3 is 14.6 Å². The van der Waals surface area contributed by atoms with Gasteiger partial charge in [0.25, 0.3) is 5.56 Å². The summed E-state index contributed by atoms with van der Waals surface area (Å²) in [4.78, 5) is 35.0. The third-order valence-electron chi connectivity index (χ3n) is 7.83. The van der Waals surface area contributed by atoms with E-state index in [2.05, 4.69) is 9.88 Å². The molecule has 3 aliphatic rings. The SMILES string of the molecule is CN(C)C(=O)[C@@H]1[C@@H](CO)[C@@H]2Cn3c(ccc(-c4ccncc4)c3=O)[C@H]1N2CC1CCCC1. The Labute approximate surface area is 188 Å². The van der Waals surface area contributed by atoms with Crippen LogP contribution in [0.4, 0.5) is 0 Å². The molecule has 4 atom stereocenters. The number of amides is 1. The Bertz CT molecular complexity index is 1040. The molecule has 2 aromatic rings. The van der Waals surface area contributed by atoms with Gasteiger partial charge in [-0.05, 0) is 48.6 Å². The molecule has 1 amide bonds. The van der Waals surface area contributed by atoms with Crippen LogP contribution in [0.3, 0.4) is 0 Å². The molecule has 1 saturated heterocycles. The van der Waals surface area contributed by atoms with Gasteiger partial charge in [-0.2, -0.15) is 0 Å². The van der Waals surface area contributed by atoms with Crippen molar-refractivity contribution in [1.29, 1.82) is 0 Å². The Balaban J connectivity index is 1.61. The Morgan fingerprint density at radius 3 is 2.53 bits per heavy atom. The largest absolute Gasteiger partial charge is 0.396 e. The van der Waals surface area contributed by atoms with Crippen molar-refractivity contribution in [2.24, 2.45) is 17.8 Å². The van der Waals surface area contributed by atoms with E-state index >= 15 is 0 Å². The Hall–Kier alpha value is -2.51. The first kappa shape index (κ1) is 21.3. The summed E-state index contributed by atoms with van der Waals surface area (Å²) in [6, 6.07) is 7.42. The summed E-state index contributed by atoms with van der Waals surface area (Å²) in [5, 5.41) is 10.4. The molecule has 1 saturated carbocycles. The summed E-state index contributed by atoms with van der Waals surface area (Å²) in [6.07, 6.45) is 8.37. The molecule has 1 N–H and O–H groups in total. The van der Waals surface area contributed by atoms with Gasteiger partial charge in [-0.15, -0.1) is 0 Å². The van der Waals surface area contributed by atoms with E-state index in [0.29, 0.717) is 18.0 Å². The van der Waals surface area contributed by atoms with Crippen molar-refractivity contribution in [2.45, 2.75) is 44.3 Å². The first-order valence-electron chi connectivity index (χ1n) is 11.7. The Kier molecular flexibility index (Phi) is 5.63. The van der Waals surface area contributed by atoms with Crippen molar-refractivity contribution in [3.63, 3.8) is 0 Å². The maximum Gasteiger partial charge on any atom is 0.258 e. The van der Waals surface area contributed by atoms with Crippen molar-refractivity contribution >= 4 is 5.91 Å². The summed E-state index contributed by atoms with van der Waals surface area (Å²) in [7, 11) is 3.56. The van der Waals surface area contributed by atoms with Crippen LogP contribution in [0.25, 0.3) is 11.1 Å². The number of aromatic nitrogens is 2. The first-order valence-corrected chi connectivity index (χ1v) is 11.7. The van der Waals surface area contributed by atoms with Crippen LogP contribution in [-0.2, 0) is 11.3 Å². The van der Waals surface area contributed by atoms with Gasteiger partial charge in [-0.25, -0.2) is 0 Å². The molecular weight excluding hydrogens is 404 g/mol. The zero-order valence-corrected chi connectivity index (χ0v) is 18.9. The van der Waals surface area contributed by atoms with E-state index in [1.807, 2.05) is 28.8 Å². The van der Waals surface area contributed by atoms with E-state index in [9.17, 15) is 14.7 Å². The van der Waals surface area contributed by atoms with Crippen LogP contribution in [0.5, 0.6) is 0 Å². The lowest BCUT2D eigenvalue weighted by atomic mass is 9.86. The molecule has 7 heteroatoms. The van der Waals surface area contributed by atoms with Crippen molar-refractivity contribution in [2.75, 3.05) is 27.2 Å². The maximum atomic E-state index is 13.6. The molecule has 0 radical (unpaired) electrons. The molecular formula is C25H32N4O3. The van der Waals surface area contributed by atoms with Crippen molar-refractivity contribution in [3.8, 4) is 11.1 Å². The Morgan fingerprint density at radius 2 is 1.88 bits per heavy atom. The van der Waals surface area contributed by atoms with Gasteiger partial charge in [0.15, 0.2) is 0 Å². The van der Waals surface area contributed by atoms with E-state index in [0.717, 1.165) is 17.8 Å². The third kappa shape index (κ3) is 3.39. The maximum absolute atomic E-state index is 13.6. The first-order chi connectivity index (χ1) is 15.5. The molecule has 1 aliphatic carbocycles. The second-order valence-corrected chi connectivity index (χ2v) is 9.79. The number of fused-ring (bicyclic) bond motifs is 4. The zero-order chi connectivity index (χ0) is 22.4. The molecule has 4 heterocycles. The lowest BCUT2D eigenvalue weighted by Crippen LogP contribution is -2.48. The number of aliphatic hydroxyl groups is 1. The van der Waals surface area contributed by atoms with Crippen LogP contribution >= 0.6 is 0 Å². The van der Waals surface area contributed by atoms with Crippen LogP contribution in [0.15, 0.2) is 41.5 Å². The summed E-state index contributed by atoms with van der Waals surface area (Å²) >= 11 is 0. The van der Waals surface area contributed by atoms with Crippen LogP contribution in [0.1, 0.15) is 37.4 Å². The summed E-state index contributed by atoms with van der Waals surface area (Å²) in [6.45, 7) is 1.40. The van der Waals surface area contributed by atoms with Crippen LogP contribution in [-0.4, -0.2) is 63.7 Å². The average Bonchev–Trinajstić information content (AvgIpc) is 3.38. The van der Waals surface area contributed by atoms with Crippen molar-refractivity contribution in [3.05, 3.63) is 52.7 Å². The normalized spacial score (nSPS) is 27.5. The van der Waals surface area contributed by atoms with E-state index in [1.165, 1.54) is 25.7 Å². The summed E-state index contributed by atoms with van der Waals surface area (Å²) < 4.78 is 1.86. The average molecular weight is 437 g/mol. The highest BCUT2D eigenvalue weighted by molar-refractivity contribution is 5.80. The van der Waals surface area contributed by atoms with Crippen molar-refractivity contribution in [1.82, 2.24) is 19.4 Å². The number of aliphatic hydroxyl groups excluding tert-OH is 1. The number of carbonyl (C=O) groups is 1.